The van der Waals surface area contributed by atoms with Crippen LogP contribution in [-0.4, -0.2) is 43.7 Å². The summed E-state index contributed by atoms with van der Waals surface area (Å²) in [6, 6.07) is 4.66. The van der Waals surface area contributed by atoms with Gasteiger partial charge in [-0.1, -0.05) is 0 Å². The van der Waals surface area contributed by atoms with Gasteiger partial charge in [0.05, 0.1) is 11.7 Å². The van der Waals surface area contributed by atoms with Crippen LogP contribution in [0.1, 0.15) is 11.7 Å². The Morgan fingerprint density at radius 2 is 2.35 bits per heavy atom. The molecule has 0 bridgehead atoms. The summed E-state index contributed by atoms with van der Waals surface area (Å²) in [5, 5.41) is 18.9. The lowest BCUT2D eigenvalue weighted by Gasteiger charge is -2.19. The molecular formula is C15H19N7S. The zero-order chi connectivity index (χ0) is 15.6. The Morgan fingerprint density at radius 1 is 1.39 bits per heavy atom. The van der Waals surface area contributed by atoms with Crippen molar-refractivity contribution in [1.29, 1.82) is 0 Å². The highest BCUT2D eigenvalue weighted by Gasteiger charge is 2.28. The molecule has 8 heteroatoms. The summed E-state index contributed by atoms with van der Waals surface area (Å²) in [6.45, 7) is 2.64. The van der Waals surface area contributed by atoms with E-state index >= 15 is 0 Å². The van der Waals surface area contributed by atoms with Crippen molar-refractivity contribution < 1.29 is 0 Å². The highest BCUT2D eigenvalue weighted by Crippen LogP contribution is 2.22. The van der Waals surface area contributed by atoms with Crippen molar-refractivity contribution >= 4 is 11.3 Å². The minimum Gasteiger partial charge on any atom is -0.313 e. The number of nitrogens with zero attached hydrogens (tertiary/aromatic N) is 5. The summed E-state index contributed by atoms with van der Waals surface area (Å²) in [5.74, 6) is 0. The SMILES string of the molecule is Cn1ccc(-c2nc(CN[C@@H]3CNC[C@@H]3n3cccn3)cs2)n1. The molecule has 4 heterocycles. The van der Waals surface area contributed by atoms with E-state index in [2.05, 4.69) is 31.2 Å². The number of rotatable bonds is 5. The van der Waals surface area contributed by atoms with E-state index in [-0.39, 0.29) is 0 Å². The van der Waals surface area contributed by atoms with Gasteiger partial charge in [-0.05, 0) is 12.1 Å². The maximum Gasteiger partial charge on any atom is 0.144 e. The molecule has 2 atom stereocenters. The molecule has 2 N–H and O–H groups in total. The summed E-state index contributed by atoms with van der Waals surface area (Å²) in [7, 11) is 1.92. The fourth-order valence-corrected chi connectivity index (χ4v) is 3.68. The van der Waals surface area contributed by atoms with Crippen LogP contribution in [0.5, 0.6) is 0 Å². The van der Waals surface area contributed by atoms with Crippen molar-refractivity contribution in [2.45, 2.75) is 18.6 Å². The van der Waals surface area contributed by atoms with Crippen molar-refractivity contribution in [3.8, 4) is 10.7 Å². The molecule has 1 fully saturated rings. The molecule has 0 radical (unpaired) electrons. The molecule has 0 aliphatic carbocycles. The first-order chi connectivity index (χ1) is 11.3. The first-order valence-electron chi connectivity index (χ1n) is 7.67. The molecule has 120 valence electrons. The number of aromatic nitrogens is 5. The third kappa shape index (κ3) is 3.05. The highest BCUT2D eigenvalue weighted by molar-refractivity contribution is 7.13. The van der Waals surface area contributed by atoms with Crippen LogP contribution < -0.4 is 10.6 Å². The van der Waals surface area contributed by atoms with Gasteiger partial charge in [0.2, 0.25) is 0 Å². The van der Waals surface area contributed by atoms with Crippen molar-refractivity contribution in [2.24, 2.45) is 7.05 Å². The van der Waals surface area contributed by atoms with Crippen molar-refractivity contribution in [1.82, 2.24) is 35.2 Å². The smallest absolute Gasteiger partial charge is 0.144 e. The summed E-state index contributed by atoms with van der Waals surface area (Å²) >= 11 is 1.64. The molecule has 1 saturated heterocycles. The van der Waals surface area contributed by atoms with Gasteiger partial charge in [0.15, 0.2) is 0 Å². The number of hydrogen-bond acceptors (Lipinski definition) is 6. The molecule has 4 rings (SSSR count). The molecule has 3 aromatic heterocycles. The topological polar surface area (TPSA) is 72.6 Å². The summed E-state index contributed by atoms with van der Waals surface area (Å²) in [4.78, 5) is 4.68. The second kappa shape index (κ2) is 6.23. The summed E-state index contributed by atoms with van der Waals surface area (Å²) in [6.07, 6.45) is 5.79. The van der Waals surface area contributed by atoms with Crippen LogP contribution in [0.2, 0.25) is 0 Å². The van der Waals surface area contributed by atoms with Gasteiger partial charge in [0.25, 0.3) is 0 Å². The molecule has 0 unspecified atom stereocenters. The van der Waals surface area contributed by atoms with Gasteiger partial charge >= 0.3 is 0 Å². The standard InChI is InChI=1S/C15H19N7S/c1-21-6-3-12(20-21)15-19-11(10-23-15)7-17-13-8-16-9-14(13)22-5-2-4-18-22/h2-6,10,13-14,16-17H,7-9H2,1H3/t13-,14+/m1/s1. The summed E-state index contributed by atoms with van der Waals surface area (Å²) in [5.41, 5.74) is 1.99. The fourth-order valence-electron chi connectivity index (χ4n) is 2.90. The molecule has 23 heavy (non-hydrogen) atoms. The minimum atomic E-state index is 0.346. The summed E-state index contributed by atoms with van der Waals surface area (Å²) < 4.78 is 3.82. The molecule has 1 aliphatic rings. The third-order valence-electron chi connectivity index (χ3n) is 4.08. The van der Waals surface area contributed by atoms with Gasteiger partial charge in [-0.15, -0.1) is 11.3 Å². The van der Waals surface area contributed by atoms with Gasteiger partial charge in [-0.3, -0.25) is 9.36 Å². The van der Waals surface area contributed by atoms with Crippen LogP contribution >= 0.6 is 11.3 Å². The second-order valence-electron chi connectivity index (χ2n) is 5.72. The van der Waals surface area contributed by atoms with Crippen LogP contribution in [0.15, 0.2) is 36.1 Å². The molecule has 0 spiro atoms. The van der Waals surface area contributed by atoms with E-state index in [1.165, 1.54) is 0 Å². The maximum absolute atomic E-state index is 4.68. The fraction of sp³-hybridized carbons (Fsp3) is 0.400. The lowest BCUT2D eigenvalue weighted by molar-refractivity contribution is 0.386. The van der Waals surface area contributed by atoms with Crippen LogP contribution in [0.25, 0.3) is 10.7 Å². The number of nitrogens with one attached hydrogen (secondary N) is 2. The van der Waals surface area contributed by atoms with Crippen molar-refractivity contribution in [3.63, 3.8) is 0 Å². The highest BCUT2D eigenvalue weighted by atomic mass is 32.1. The van der Waals surface area contributed by atoms with E-state index in [1.54, 1.807) is 16.0 Å². The van der Waals surface area contributed by atoms with E-state index in [0.717, 1.165) is 36.0 Å². The molecule has 3 aromatic rings. The van der Waals surface area contributed by atoms with Gasteiger partial charge < -0.3 is 10.6 Å². The molecule has 7 nitrogen and oxygen atoms in total. The third-order valence-corrected chi connectivity index (χ3v) is 4.99. The molecule has 0 saturated carbocycles. The van der Waals surface area contributed by atoms with Crippen LogP contribution in [0.3, 0.4) is 0 Å². The first-order valence-corrected chi connectivity index (χ1v) is 8.55. The predicted molar refractivity (Wildman–Crippen MR) is 89.1 cm³/mol. The first kappa shape index (κ1) is 14.6. The molecule has 0 amide bonds. The number of aryl methyl sites for hydroxylation is 1. The van der Waals surface area contributed by atoms with E-state index in [1.807, 2.05) is 42.5 Å². The number of thiazole rings is 1. The van der Waals surface area contributed by atoms with Gasteiger partial charge in [0.1, 0.15) is 10.7 Å². The Bertz CT molecular complexity index is 760. The van der Waals surface area contributed by atoms with E-state index < -0.39 is 0 Å². The number of hydrogen-bond donors (Lipinski definition) is 2. The average Bonchev–Trinajstić information content (AvgIpc) is 3.31. The Balaban J connectivity index is 1.40. The predicted octanol–water partition coefficient (Wildman–Crippen LogP) is 1.04. The molecule has 1 aliphatic heterocycles. The maximum atomic E-state index is 4.68. The van der Waals surface area contributed by atoms with Crippen LogP contribution in [0.4, 0.5) is 0 Å². The van der Waals surface area contributed by atoms with E-state index in [9.17, 15) is 0 Å². The van der Waals surface area contributed by atoms with Crippen molar-refractivity contribution in [2.75, 3.05) is 13.1 Å². The Morgan fingerprint density at radius 3 is 3.13 bits per heavy atom. The lowest BCUT2D eigenvalue weighted by Crippen LogP contribution is -2.37. The molecule has 0 aromatic carbocycles. The van der Waals surface area contributed by atoms with Crippen LogP contribution in [0, 0.1) is 0 Å². The van der Waals surface area contributed by atoms with Gasteiger partial charge in [-0.2, -0.15) is 10.2 Å². The Labute approximate surface area is 138 Å². The van der Waals surface area contributed by atoms with Gasteiger partial charge in [-0.25, -0.2) is 4.98 Å². The van der Waals surface area contributed by atoms with E-state index in [0.29, 0.717) is 12.1 Å². The van der Waals surface area contributed by atoms with E-state index in [4.69, 9.17) is 0 Å². The second-order valence-corrected chi connectivity index (χ2v) is 6.58. The van der Waals surface area contributed by atoms with Crippen LogP contribution in [-0.2, 0) is 13.6 Å². The zero-order valence-electron chi connectivity index (χ0n) is 12.9. The average molecular weight is 329 g/mol. The largest absolute Gasteiger partial charge is 0.313 e. The zero-order valence-corrected chi connectivity index (χ0v) is 13.7. The molecular weight excluding hydrogens is 310 g/mol. The Hall–Kier alpha value is -2.03. The normalized spacial score (nSPS) is 21.1. The van der Waals surface area contributed by atoms with Gasteiger partial charge in [0, 0.05) is 56.7 Å². The van der Waals surface area contributed by atoms with Crippen molar-refractivity contribution in [3.05, 3.63) is 41.8 Å². The Kier molecular flexibility index (Phi) is 3.94. The lowest BCUT2D eigenvalue weighted by atomic mass is 10.2. The monoisotopic (exact) mass is 329 g/mol. The quantitative estimate of drug-likeness (QED) is 0.732. The minimum absolute atomic E-state index is 0.346.